The molecule has 0 bridgehead atoms. The van der Waals surface area contributed by atoms with E-state index in [-0.39, 0.29) is 0 Å². The molecule has 0 radical (unpaired) electrons. The van der Waals surface area contributed by atoms with E-state index in [1.807, 2.05) is 0 Å². The number of benzene rings is 8. The molecule has 10 rings (SSSR count). The molecule has 47 heavy (non-hydrogen) atoms. The first kappa shape index (κ1) is 26.3. The van der Waals surface area contributed by atoms with Crippen molar-refractivity contribution in [2.24, 2.45) is 0 Å². The van der Waals surface area contributed by atoms with Crippen LogP contribution in [0.25, 0.3) is 93.7 Å². The van der Waals surface area contributed by atoms with E-state index in [4.69, 9.17) is 4.42 Å². The van der Waals surface area contributed by atoms with E-state index >= 15 is 0 Å². The van der Waals surface area contributed by atoms with E-state index in [9.17, 15) is 0 Å². The number of fused-ring (bicyclic) bond motifs is 7. The molecular weight excluding hydrogens is 569 g/mol. The van der Waals surface area contributed by atoms with Gasteiger partial charge in [0.05, 0.1) is 0 Å². The van der Waals surface area contributed by atoms with Crippen LogP contribution in [0.4, 0.5) is 0 Å². The maximum absolute atomic E-state index is 6.77. The lowest BCUT2D eigenvalue weighted by molar-refractivity contribution is 0.669. The van der Waals surface area contributed by atoms with Gasteiger partial charge in [0.25, 0.3) is 0 Å². The molecule has 0 fully saturated rings. The topological polar surface area (TPSA) is 13.1 Å². The maximum Gasteiger partial charge on any atom is 0.143 e. The molecule has 0 amide bonds. The molecule has 1 aliphatic rings. The minimum atomic E-state index is 0.955. The molecular formula is C46H30O. The van der Waals surface area contributed by atoms with Crippen LogP contribution in [0.2, 0.25) is 0 Å². The molecule has 1 nitrogen and oxygen atoms in total. The fraction of sp³-hybridized carbons (Fsp3) is 0.0435. The lowest BCUT2D eigenvalue weighted by Gasteiger charge is -2.18. The van der Waals surface area contributed by atoms with Crippen molar-refractivity contribution in [1.82, 2.24) is 0 Å². The number of hydrogen-bond acceptors (Lipinski definition) is 1. The highest BCUT2D eigenvalue weighted by Gasteiger charge is 2.21. The first-order valence-corrected chi connectivity index (χ1v) is 16.5. The Morgan fingerprint density at radius 1 is 0.447 bits per heavy atom. The SMILES string of the molecule is C1=Cc2cc3c(cc2CC1)oc1c(-c2c4ccccc4c(-c4ccc(-c5ccc6ccccc6c5)cc4)c4ccccc24)cccc13. The summed E-state index contributed by atoms with van der Waals surface area (Å²) >= 11 is 0. The van der Waals surface area contributed by atoms with Gasteiger partial charge in [-0.05, 0) is 96.7 Å². The van der Waals surface area contributed by atoms with Crippen LogP contribution in [-0.4, -0.2) is 0 Å². The van der Waals surface area contributed by atoms with Crippen molar-refractivity contribution in [2.45, 2.75) is 12.8 Å². The van der Waals surface area contributed by atoms with Gasteiger partial charge in [-0.3, -0.25) is 0 Å². The van der Waals surface area contributed by atoms with Crippen molar-refractivity contribution in [1.29, 1.82) is 0 Å². The van der Waals surface area contributed by atoms with Gasteiger partial charge in [-0.1, -0.05) is 140 Å². The molecule has 9 aromatic rings. The van der Waals surface area contributed by atoms with Crippen molar-refractivity contribution in [3.63, 3.8) is 0 Å². The average Bonchev–Trinajstić information content (AvgIpc) is 3.50. The third-order valence-corrected chi connectivity index (χ3v) is 10.1. The van der Waals surface area contributed by atoms with Crippen LogP contribution in [0.15, 0.2) is 156 Å². The second kappa shape index (κ2) is 10.3. The molecule has 0 aliphatic heterocycles. The average molecular weight is 599 g/mol. The van der Waals surface area contributed by atoms with Crippen molar-refractivity contribution < 1.29 is 4.42 Å². The van der Waals surface area contributed by atoms with E-state index in [1.165, 1.54) is 82.0 Å². The van der Waals surface area contributed by atoms with Gasteiger partial charge in [0, 0.05) is 21.9 Å². The second-order valence-corrected chi connectivity index (χ2v) is 12.8. The number of hydrogen-bond donors (Lipinski definition) is 0. The molecule has 0 unspecified atom stereocenters. The third kappa shape index (κ3) is 4.10. The number of para-hydroxylation sites is 1. The molecule has 8 aromatic carbocycles. The van der Waals surface area contributed by atoms with E-state index < -0.39 is 0 Å². The van der Waals surface area contributed by atoms with Crippen molar-refractivity contribution >= 4 is 60.3 Å². The fourth-order valence-electron chi connectivity index (χ4n) is 7.85. The monoisotopic (exact) mass is 598 g/mol. The predicted octanol–water partition coefficient (Wildman–Crippen LogP) is 13.0. The second-order valence-electron chi connectivity index (χ2n) is 12.8. The van der Waals surface area contributed by atoms with Crippen LogP contribution < -0.4 is 0 Å². The normalized spacial score (nSPS) is 12.9. The smallest absolute Gasteiger partial charge is 0.143 e. The van der Waals surface area contributed by atoms with Gasteiger partial charge in [-0.2, -0.15) is 0 Å². The van der Waals surface area contributed by atoms with Crippen molar-refractivity contribution in [3.8, 4) is 33.4 Å². The van der Waals surface area contributed by atoms with Crippen LogP contribution >= 0.6 is 0 Å². The predicted molar refractivity (Wildman–Crippen MR) is 200 cm³/mol. The quantitative estimate of drug-likeness (QED) is 0.184. The summed E-state index contributed by atoms with van der Waals surface area (Å²) in [5.74, 6) is 0. The van der Waals surface area contributed by atoms with Gasteiger partial charge in [0.2, 0.25) is 0 Å². The summed E-state index contributed by atoms with van der Waals surface area (Å²) in [7, 11) is 0. The van der Waals surface area contributed by atoms with E-state index in [0.717, 1.165) is 29.6 Å². The van der Waals surface area contributed by atoms with Crippen LogP contribution in [-0.2, 0) is 6.42 Å². The Hall–Kier alpha value is -5.92. The standard InChI is InChI=1S/C46H30O/c1-2-11-32-26-35(25-22-29(32)10-1)30-20-23-31(24-21-30)44-36-14-5-7-16-38(36)45(39-17-8-6-15-37(39)44)41-19-9-18-40-42-27-33-12-3-4-13-34(33)28-43(42)47-46(40)41/h1-3,5-12,14-28H,4,13H2. The Morgan fingerprint density at radius 2 is 1.09 bits per heavy atom. The zero-order valence-corrected chi connectivity index (χ0v) is 25.8. The Balaban J connectivity index is 1.19. The highest BCUT2D eigenvalue weighted by Crippen LogP contribution is 2.47. The highest BCUT2D eigenvalue weighted by atomic mass is 16.3. The fourth-order valence-corrected chi connectivity index (χ4v) is 7.85. The molecule has 0 N–H and O–H groups in total. The van der Waals surface area contributed by atoms with Crippen LogP contribution in [0, 0.1) is 0 Å². The molecule has 220 valence electrons. The minimum absolute atomic E-state index is 0.955. The van der Waals surface area contributed by atoms with Gasteiger partial charge >= 0.3 is 0 Å². The molecule has 1 aromatic heterocycles. The molecule has 0 saturated carbocycles. The minimum Gasteiger partial charge on any atom is -0.455 e. The Morgan fingerprint density at radius 3 is 1.85 bits per heavy atom. The zero-order valence-electron chi connectivity index (χ0n) is 25.8. The summed E-state index contributed by atoms with van der Waals surface area (Å²) in [4.78, 5) is 0. The largest absolute Gasteiger partial charge is 0.455 e. The summed E-state index contributed by atoms with van der Waals surface area (Å²) in [5.41, 5.74) is 11.9. The Kier molecular flexibility index (Phi) is 5.77. The number of rotatable bonds is 3. The summed E-state index contributed by atoms with van der Waals surface area (Å²) in [6, 6.07) is 53.3. The Bertz CT molecular complexity index is 2660. The first-order chi connectivity index (χ1) is 23.3. The summed E-state index contributed by atoms with van der Waals surface area (Å²) in [6.07, 6.45) is 6.68. The van der Waals surface area contributed by atoms with Gasteiger partial charge in [0.1, 0.15) is 11.2 Å². The van der Waals surface area contributed by atoms with Crippen LogP contribution in [0.3, 0.4) is 0 Å². The lowest BCUT2D eigenvalue weighted by Crippen LogP contribution is -1.92. The van der Waals surface area contributed by atoms with Crippen molar-refractivity contribution in [2.75, 3.05) is 0 Å². The first-order valence-electron chi connectivity index (χ1n) is 16.5. The Labute approximate surface area is 273 Å². The van der Waals surface area contributed by atoms with Gasteiger partial charge < -0.3 is 4.42 Å². The van der Waals surface area contributed by atoms with Crippen LogP contribution in [0.1, 0.15) is 17.5 Å². The summed E-state index contributed by atoms with van der Waals surface area (Å²) in [5, 5.41) is 9.83. The lowest BCUT2D eigenvalue weighted by atomic mass is 9.85. The summed E-state index contributed by atoms with van der Waals surface area (Å²) in [6.45, 7) is 0. The van der Waals surface area contributed by atoms with E-state index in [0.29, 0.717) is 0 Å². The summed E-state index contributed by atoms with van der Waals surface area (Å²) < 4.78 is 6.77. The molecule has 0 saturated heterocycles. The molecule has 1 heterocycles. The number of furan rings is 1. The zero-order chi connectivity index (χ0) is 30.9. The van der Waals surface area contributed by atoms with E-state index in [1.54, 1.807) is 0 Å². The van der Waals surface area contributed by atoms with Gasteiger partial charge in [-0.25, -0.2) is 0 Å². The molecule has 0 spiro atoms. The van der Waals surface area contributed by atoms with E-state index in [2.05, 4.69) is 158 Å². The van der Waals surface area contributed by atoms with Crippen molar-refractivity contribution in [3.05, 3.63) is 163 Å². The van der Waals surface area contributed by atoms with Gasteiger partial charge in [-0.15, -0.1) is 0 Å². The molecule has 0 atom stereocenters. The maximum atomic E-state index is 6.77. The molecule has 1 aliphatic carbocycles. The highest BCUT2D eigenvalue weighted by molar-refractivity contribution is 6.24. The number of allylic oxidation sites excluding steroid dienone is 1. The third-order valence-electron chi connectivity index (χ3n) is 10.1. The molecule has 1 heteroatoms. The number of aryl methyl sites for hydroxylation is 1. The van der Waals surface area contributed by atoms with Crippen LogP contribution in [0.5, 0.6) is 0 Å². The van der Waals surface area contributed by atoms with Gasteiger partial charge in [0.15, 0.2) is 0 Å².